The second kappa shape index (κ2) is 8.36. The summed E-state index contributed by atoms with van der Waals surface area (Å²) in [7, 11) is 3.16. The molecule has 0 heterocycles. The maximum Gasteiger partial charge on any atom is 0.243 e. The predicted molar refractivity (Wildman–Crippen MR) is 94.4 cm³/mol. The molecule has 2 aromatic carbocycles. The fourth-order valence-electron chi connectivity index (χ4n) is 2.12. The molecule has 0 aliphatic carbocycles. The van der Waals surface area contributed by atoms with E-state index in [1.54, 1.807) is 62.7 Å². The van der Waals surface area contributed by atoms with Crippen LogP contribution in [0.4, 0.5) is 5.69 Å². The Kier molecular flexibility index (Phi) is 6.21. The maximum absolute atomic E-state index is 12.2. The van der Waals surface area contributed by atoms with Gasteiger partial charge in [-0.3, -0.25) is 9.59 Å². The van der Waals surface area contributed by atoms with Crippen LogP contribution in [0.3, 0.4) is 0 Å². The Bertz CT molecular complexity index is 716. The van der Waals surface area contributed by atoms with Crippen molar-refractivity contribution in [3.8, 4) is 5.75 Å². The van der Waals surface area contributed by atoms with Crippen LogP contribution in [0.25, 0.3) is 0 Å². The van der Waals surface area contributed by atoms with E-state index in [1.165, 1.54) is 4.90 Å². The summed E-state index contributed by atoms with van der Waals surface area (Å²) in [6.45, 7) is -0.0242. The van der Waals surface area contributed by atoms with E-state index in [-0.39, 0.29) is 24.8 Å². The van der Waals surface area contributed by atoms with Crippen LogP contribution >= 0.6 is 11.6 Å². The summed E-state index contributed by atoms with van der Waals surface area (Å²) < 4.78 is 5.11. The Morgan fingerprint density at radius 3 is 2.54 bits per heavy atom. The molecule has 0 aromatic heterocycles. The average molecular weight is 347 g/mol. The predicted octanol–water partition coefficient (Wildman–Crippen LogP) is 2.99. The first-order valence-corrected chi connectivity index (χ1v) is 7.78. The Hall–Kier alpha value is -2.53. The van der Waals surface area contributed by atoms with Crippen LogP contribution in [0, 0.1) is 0 Å². The van der Waals surface area contributed by atoms with E-state index in [0.717, 1.165) is 5.56 Å². The highest BCUT2D eigenvalue weighted by molar-refractivity contribution is 6.30. The summed E-state index contributed by atoms with van der Waals surface area (Å²) in [6, 6.07) is 14.1. The van der Waals surface area contributed by atoms with Gasteiger partial charge in [0.05, 0.1) is 20.1 Å². The van der Waals surface area contributed by atoms with Gasteiger partial charge in [0, 0.05) is 23.8 Å². The maximum atomic E-state index is 12.2. The molecule has 126 valence electrons. The zero-order valence-electron chi connectivity index (χ0n) is 13.6. The minimum absolute atomic E-state index is 0.0242. The van der Waals surface area contributed by atoms with Crippen LogP contribution in [0.1, 0.15) is 5.56 Å². The second-order valence-electron chi connectivity index (χ2n) is 5.33. The molecule has 0 unspecified atom stereocenters. The zero-order chi connectivity index (χ0) is 17.5. The minimum Gasteiger partial charge on any atom is -0.497 e. The molecule has 0 fully saturated rings. The van der Waals surface area contributed by atoms with Gasteiger partial charge in [-0.25, -0.2) is 0 Å². The highest BCUT2D eigenvalue weighted by atomic mass is 35.5. The first-order valence-electron chi connectivity index (χ1n) is 7.40. The Morgan fingerprint density at radius 2 is 1.88 bits per heavy atom. The number of anilines is 1. The molecular formula is C18H19ClN2O3. The molecule has 24 heavy (non-hydrogen) atoms. The van der Waals surface area contributed by atoms with E-state index in [9.17, 15) is 9.59 Å². The molecule has 0 saturated heterocycles. The number of hydrogen-bond donors (Lipinski definition) is 1. The number of ether oxygens (including phenoxy) is 1. The van der Waals surface area contributed by atoms with Crippen molar-refractivity contribution in [1.82, 2.24) is 4.90 Å². The molecular weight excluding hydrogens is 328 g/mol. The number of amides is 2. The van der Waals surface area contributed by atoms with Crippen molar-refractivity contribution < 1.29 is 14.3 Å². The third-order valence-corrected chi connectivity index (χ3v) is 3.68. The zero-order valence-corrected chi connectivity index (χ0v) is 14.3. The van der Waals surface area contributed by atoms with Crippen molar-refractivity contribution in [3.63, 3.8) is 0 Å². The molecule has 5 nitrogen and oxygen atoms in total. The van der Waals surface area contributed by atoms with Crippen molar-refractivity contribution in [2.45, 2.75) is 6.42 Å². The van der Waals surface area contributed by atoms with Gasteiger partial charge in [-0.2, -0.15) is 0 Å². The molecule has 0 radical (unpaired) electrons. The fourth-order valence-corrected chi connectivity index (χ4v) is 2.24. The molecule has 0 aliphatic rings. The summed E-state index contributed by atoms with van der Waals surface area (Å²) in [5.74, 6) is 0.244. The second-order valence-corrected chi connectivity index (χ2v) is 5.77. The van der Waals surface area contributed by atoms with Crippen LogP contribution in [0.5, 0.6) is 5.75 Å². The van der Waals surface area contributed by atoms with E-state index in [4.69, 9.17) is 16.3 Å². The van der Waals surface area contributed by atoms with E-state index in [1.807, 2.05) is 0 Å². The molecule has 1 N–H and O–H groups in total. The molecule has 2 rings (SSSR count). The van der Waals surface area contributed by atoms with Gasteiger partial charge < -0.3 is 15.0 Å². The van der Waals surface area contributed by atoms with E-state index in [0.29, 0.717) is 16.5 Å². The molecule has 0 aliphatic heterocycles. The lowest BCUT2D eigenvalue weighted by atomic mass is 10.1. The van der Waals surface area contributed by atoms with Crippen LogP contribution in [0.15, 0.2) is 48.5 Å². The van der Waals surface area contributed by atoms with E-state index >= 15 is 0 Å². The Balaban J connectivity index is 1.88. The first kappa shape index (κ1) is 17.8. The van der Waals surface area contributed by atoms with Gasteiger partial charge in [0.1, 0.15) is 5.75 Å². The summed E-state index contributed by atoms with van der Waals surface area (Å²) in [5.41, 5.74) is 1.47. The number of likely N-dealkylation sites (N-methyl/N-ethyl adjacent to an activating group) is 1. The molecule has 2 amide bonds. The number of benzene rings is 2. The number of nitrogens with one attached hydrogen (secondary N) is 1. The number of hydrogen-bond acceptors (Lipinski definition) is 3. The van der Waals surface area contributed by atoms with Gasteiger partial charge in [0.25, 0.3) is 0 Å². The number of carbonyl (C=O) groups is 2. The SMILES string of the molecule is COc1cccc(NC(=O)CN(C)C(=O)Cc2ccc(Cl)cc2)c1. The van der Waals surface area contributed by atoms with Gasteiger partial charge in [-0.1, -0.05) is 29.8 Å². The highest BCUT2D eigenvalue weighted by Crippen LogP contribution is 2.16. The summed E-state index contributed by atoms with van der Waals surface area (Å²) in [4.78, 5) is 25.6. The fraction of sp³-hybridized carbons (Fsp3) is 0.222. The van der Waals surface area contributed by atoms with Gasteiger partial charge in [-0.15, -0.1) is 0 Å². The van der Waals surface area contributed by atoms with Crippen molar-refractivity contribution in [3.05, 3.63) is 59.1 Å². The number of halogens is 1. The highest BCUT2D eigenvalue weighted by Gasteiger charge is 2.14. The number of nitrogens with zero attached hydrogens (tertiary/aromatic N) is 1. The normalized spacial score (nSPS) is 10.1. The summed E-state index contributed by atoms with van der Waals surface area (Å²) >= 11 is 5.82. The minimum atomic E-state index is -0.268. The van der Waals surface area contributed by atoms with Crippen molar-refractivity contribution in [2.24, 2.45) is 0 Å². The monoisotopic (exact) mass is 346 g/mol. The Morgan fingerprint density at radius 1 is 1.17 bits per heavy atom. The molecule has 0 bridgehead atoms. The van der Waals surface area contributed by atoms with Crippen LogP contribution in [0.2, 0.25) is 5.02 Å². The lowest BCUT2D eigenvalue weighted by Crippen LogP contribution is -2.35. The van der Waals surface area contributed by atoms with Crippen molar-refractivity contribution >= 4 is 29.1 Å². The Labute approximate surface area is 146 Å². The third kappa shape index (κ3) is 5.28. The van der Waals surface area contributed by atoms with Gasteiger partial charge >= 0.3 is 0 Å². The van der Waals surface area contributed by atoms with Gasteiger partial charge in [0.15, 0.2) is 0 Å². The number of rotatable bonds is 6. The van der Waals surface area contributed by atoms with Crippen LogP contribution < -0.4 is 10.1 Å². The topological polar surface area (TPSA) is 58.6 Å². The number of carbonyl (C=O) groups excluding carboxylic acids is 2. The molecule has 6 heteroatoms. The molecule has 0 saturated carbocycles. The lowest BCUT2D eigenvalue weighted by Gasteiger charge is -2.17. The van der Waals surface area contributed by atoms with Gasteiger partial charge in [-0.05, 0) is 29.8 Å². The van der Waals surface area contributed by atoms with Crippen molar-refractivity contribution in [2.75, 3.05) is 26.0 Å². The molecule has 2 aromatic rings. The van der Waals surface area contributed by atoms with E-state index in [2.05, 4.69) is 5.32 Å². The standard InChI is InChI=1S/C18H19ClN2O3/c1-21(18(23)10-13-6-8-14(19)9-7-13)12-17(22)20-15-4-3-5-16(11-15)24-2/h3-9,11H,10,12H2,1-2H3,(H,20,22). The largest absolute Gasteiger partial charge is 0.497 e. The summed E-state index contributed by atoms with van der Waals surface area (Å²) in [6.07, 6.45) is 0.222. The van der Waals surface area contributed by atoms with Gasteiger partial charge in [0.2, 0.25) is 11.8 Å². The molecule has 0 spiro atoms. The molecule has 0 atom stereocenters. The third-order valence-electron chi connectivity index (χ3n) is 3.43. The van der Waals surface area contributed by atoms with E-state index < -0.39 is 0 Å². The van der Waals surface area contributed by atoms with Crippen LogP contribution in [-0.4, -0.2) is 37.4 Å². The quantitative estimate of drug-likeness (QED) is 0.874. The smallest absolute Gasteiger partial charge is 0.243 e. The van der Waals surface area contributed by atoms with Crippen LogP contribution in [-0.2, 0) is 16.0 Å². The average Bonchev–Trinajstić information content (AvgIpc) is 2.56. The summed E-state index contributed by atoms with van der Waals surface area (Å²) in [5, 5.41) is 3.37. The number of methoxy groups -OCH3 is 1. The first-order chi connectivity index (χ1) is 11.5. The van der Waals surface area contributed by atoms with Crippen molar-refractivity contribution in [1.29, 1.82) is 0 Å². The lowest BCUT2D eigenvalue weighted by molar-refractivity contribution is -0.132.